The van der Waals surface area contributed by atoms with Gasteiger partial charge in [-0.2, -0.15) is 0 Å². The fraction of sp³-hybridized carbons (Fsp3) is 0.763. The number of aliphatic hydroxyl groups is 1. The monoisotopic (exact) mass is 683 g/mol. The van der Waals surface area contributed by atoms with Crippen molar-refractivity contribution in [3.05, 3.63) is 48.6 Å². The largest absolute Gasteiger partial charge is 0.472 e. The van der Waals surface area contributed by atoms with Gasteiger partial charge in [0.1, 0.15) is 0 Å². The molecule has 0 saturated heterocycles. The van der Waals surface area contributed by atoms with Gasteiger partial charge in [0.2, 0.25) is 5.91 Å². The summed E-state index contributed by atoms with van der Waals surface area (Å²) in [5, 5.41) is 13.5. The van der Waals surface area contributed by atoms with Crippen molar-refractivity contribution in [2.45, 2.75) is 167 Å². The molecule has 0 saturated carbocycles. The minimum atomic E-state index is -4.34. The molecule has 0 radical (unpaired) electrons. The molecule has 0 aliphatic heterocycles. The summed E-state index contributed by atoms with van der Waals surface area (Å²) in [6.07, 6.45) is 40.4. The average Bonchev–Trinajstić information content (AvgIpc) is 3.05. The normalized spacial score (nSPS) is 14.9. The number of carbonyl (C=O) groups is 1. The number of unbranched alkanes of at least 4 members (excludes halogenated alkanes) is 17. The van der Waals surface area contributed by atoms with Crippen LogP contribution >= 0.6 is 7.82 Å². The molecule has 0 aromatic rings. The van der Waals surface area contributed by atoms with E-state index >= 15 is 0 Å². The fourth-order valence-electron chi connectivity index (χ4n) is 5.10. The van der Waals surface area contributed by atoms with Gasteiger partial charge in [-0.05, 0) is 64.7 Å². The van der Waals surface area contributed by atoms with Gasteiger partial charge in [0.25, 0.3) is 0 Å². The lowest BCUT2D eigenvalue weighted by Gasteiger charge is -2.23. The lowest BCUT2D eigenvalue weighted by molar-refractivity contribution is -0.123. The molecular formula is C38H71N2O6P. The maximum Gasteiger partial charge on any atom is 0.472 e. The van der Waals surface area contributed by atoms with Crippen molar-refractivity contribution in [3.8, 4) is 0 Å². The van der Waals surface area contributed by atoms with Crippen LogP contribution in [0.4, 0.5) is 0 Å². The van der Waals surface area contributed by atoms with E-state index in [0.29, 0.717) is 6.42 Å². The molecule has 0 aliphatic rings. The summed E-state index contributed by atoms with van der Waals surface area (Å²) in [7, 11) is -4.34. The lowest BCUT2D eigenvalue weighted by atomic mass is 10.0. The summed E-state index contributed by atoms with van der Waals surface area (Å²) in [6, 6.07) is -0.882. The van der Waals surface area contributed by atoms with Gasteiger partial charge in [-0.15, -0.1) is 0 Å². The highest BCUT2D eigenvalue weighted by Gasteiger charge is 2.26. The van der Waals surface area contributed by atoms with Gasteiger partial charge in [0.15, 0.2) is 0 Å². The van der Waals surface area contributed by atoms with Crippen LogP contribution in [0.3, 0.4) is 0 Å². The van der Waals surface area contributed by atoms with Gasteiger partial charge in [-0.3, -0.25) is 13.8 Å². The Morgan fingerprint density at radius 3 is 1.77 bits per heavy atom. The van der Waals surface area contributed by atoms with Crippen molar-refractivity contribution in [2.24, 2.45) is 5.73 Å². The zero-order valence-electron chi connectivity index (χ0n) is 30.0. The highest BCUT2D eigenvalue weighted by Crippen LogP contribution is 2.43. The van der Waals surface area contributed by atoms with Gasteiger partial charge in [0.05, 0.1) is 25.4 Å². The molecule has 9 heteroatoms. The molecule has 0 rings (SSSR count). The number of aliphatic hydroxyl groups excluding tert-OH is 1. The Morgan fingerprint density at radius 2 is 1.21 bits per heavy atom. The number of nitrogens with one attached hydrogen (secondary N) is 1. The second kappa shape index (κ2) is 34.3. The van der Waals surface area contributed by atoms with E-state index in [0.717, 1.165) is 44.9 Å². The lowest BCUT2D eigenvalue weighted by Crippen LogP contribution is -2.45. The molecule has 3 unspecified atom stereocenters. The van der Waals surface area contributed by atoms with Crippen LogP contribution in [-0.2, 0) is 18.4 Å². The van der Waals surface area contributed by atoms with Gasteiger partial charge in [-0.25, -0.2) is 4.57 Å². The number of rotatable bonds is 34. The third-order valence-corrected chi connectivity index (χ3v) is 8.93. The topological polar surface area (TPSA) is 131 Å². The summed E-state index contributed by atoms with van der Waals surface area (Å²) >= 11 is 0. The van der Waals surface area contributed by atoms with Crippen LogP contribution in [0.25, 0.3) is 0 Å². The first-order valence-corrected chi connectivity index (χ1v) is 20.2. The fourth-order valence-corrected chi connectivity index (χ4v) is 5.86. The Morgan fingerprint density at radius 1 is 0.723 bits per heavy atom. The van der Waals surface area contributed by atoms with Crippen LogP contribution in [-0.4, -0.2) is 47.8 Å². The number of allylic oxidation sites excluding steroid dienone is 7. The molecule has 47 heavy (non-hydrogen) atoms. The number of hydrogen-bond acceptors (Lipinski definition) is 6. The Labute approximate surface area is 288 Å². The first-order chi connectivity index (χ1) is 22.9. The van der Waals surface area contributed by atoms with Gasteiger partial charge >= 0.3 is 7.82 Å². The van der Waals surface area contributed by atoms with Crippen molar-refractivity contribution < 1.29 is 28.4 Å². The van der Waals surface area contributed by atoms with Gasteiger partial charge < -0.3 is 21.1 Å². The van der Waals surface area contributed by atoms with Crippen LogP contribution in [0, 0.1) is 0 Å². The minimum absolute atomic E-state index is 0.0699. The van der Waals surface area contributed by atoms with Crippen LogP contribution in [0.15, 0.2) is 48.6 Å². The first kappa shape index (κ1) is 45.5. The molecule has 0 heterocycles. The quantitative estimate of drug-likeness (QED) is 0.0302. The first-order valence-electron chi connectivity index (χ1n) is 18.7. The van der Waals surface area contributed by atoms with E-state index < -0.39 is 20.0 Å². The van der Waals surface area contributed by atoms with Crippen LogP contribution in [0.1, 0.15) is 155 Å². The molecule has 0 bridgehead atoms. The zero-order valence-corrected chi connectivity index (χ0v) is 30.9. The van der Waals surface area contributed by atoms with E-state index in [-0.39, 0.29) is 25.7 Å². The maximum atomic E-state index is 12.7. The summed E-state index contributed by atoms with van der Waals surface area (Å²) in [5.74, 6) is -0.216. The Hall–Kier alpha value is -1.54. The summed E-state index contributed by atoms with van der Waals surface area (Å²) < 4.78 is 21.9. The predicted octanol–water partition coefficient (Wildman–Crippen LogP) is 9.77. The highest BCUT2D eigenvalue weighted by molar-refractivity contribution is 7.47. The standard InChI is InChI=1S/C38H71N2O6P/c1-3-5-7-9-11-13-14-15-16-17-18-19-20-21-22-24-26-28-30-32-38(42)40-36(35-46-47(43,44)45-34-33-39)37(41)31-29-27-25-23-12-10-8-6-4-2/h4,6,12,15-16,23,29,31,36-37,41H,3,5,7-11,13-14,17-22,24-28,30,32-35,39H2,1-2H3,(H,40,42)(H,43,44)/b6-4+,16-15-,23-12+,31-29+. The molecule has 3 atom stereocenters. The Balaban J connectivity index is 4.21. The summed E-state index contributed by atoms with van der Waals surface area (Å²) in [4.78, 5) is 22.5. The third kappa shape index (κ3) is 32.8. The molecule has 274 valence electrons. The molecule has 0 aromatic heterocycles. The third-order valence-electron chi connectivity index (χ3n) is 7.95. The van der Waals surface area contributed by atoms with E-state index in [4.69, 9.17) is 14.8 Å². The SMILES string of the molecule is C/C=C/CC/C=C/CC/C=C/C(O)C(COP(=O)(O)OCCN)NC(=O)CCCCCCCCCCC/C=C\CCCCCCCC. The van der Waals surface area contributed by atoms with Crippen molar-refractivity contribution >= 4 is 13.7 Å². The second-order valence-corrected chi connectivity index (χ2v) is 13.9. The molecule has 5 N–H and O–H groups in total. The predicted molar refractivity (Wildman–Crippen MR) is 198 cm³/mol. The minimum Gasteiger partial charge on any atom is -0.387 e. The van der Waals surface area contributed by atoms with Crippen molar-refractivity contribution in [1.82, 2.24) is 5.32 Å². The zero-order chi connectivity index (χ0) is 34.7. The second-order valence-electron chi connectivity index (χ2n) is 12.4. The van der Waals surface area contributed by atoms with Gasteiger partial charge in [0, 0.05) is 13.0 Å². The summed E-state index contributed by atoms with van der Waals surface area (Å²) in [5.41, 5.74) is 5.34. The number of phosphoric acid groups is 1. The van der Waals surface area contributed by atoms with E-state index in [9.17, 15) is 19.4 Å². The van der Waals surface area contributed by atoms with Crippen LogP contribution < -0.4 is 11.1 Å². The van der Waals surface area contributed by atoms with E-state index in [1.54, 1.807) is 6.08 Å². The molecule has 0 aromatic carbocycles. The molecule has 8 nitrogen and oxygen atoms in total. The maximum absolute atomic E-state index is 12.7. The molecular weight excluding hydrogens is 611 g/mol. The van der Waals surface area contributed by atoms with Crippen molar-refractivity contribution in [1.29, 1.82) is 0 Å². The Kier molecular flexibility index (Phi) is 33.2. The number of carbonyl (C=O) groups excluding carboxylic acids is 1. The van der Waals surface area contributed by atoms with E-state index in [1.807, 2.05) is 19.1 Å². The number of hydrogen-bond donors (Lipinski definition) is 4. The van der Waals surface area contributed by atoms with Crippen LogP contribution in [0.2, 0.25) is 0 Å². The molecule has 1 amide bonds. The van der Waals surface area contributed by atoms with E-state index in [1.165, 1.54) is 89.9 Å². The van der Waals surface area contributed by atoms with E-state index in [2.05, 4.69) is 42.6 Å². The number of amides is 1. The molecule has 0 fully saturated rings. The number of phosphoric ester groups is 1. The molecule has 0 aliphatic carbocycles. The number of nitrogens with two attached hydrogens (primary N) is 1. The van der Waals surface area contributed by atoms with Crippen molar-refractivity contribution in [3.63, 3.8) is 0 Å². The molecule has 0 spiro atoms. The average molecular weight is 683 g/mol. The van der Waals surface area contributed by atoms with Crippen molar-refractivity contribution in [2.75, 3.05) is 19.8 Å². The smallest absolute Gasteiger partial charge is 0.387 e. The van der Waals surface area contributed by atoms with Gasteiger partial charge in [-0.1, -0.05) is 133 Å². The summed E-state index contributed by atoms with van der Waals surface area (Å²) in [6.45, 7) is 3.84. The highest BCUT2D eigenvalue weighted by atomic mass is 31.2. The van der Waals surface area contributed by atoms with Crippen LogP contribution in [0.5, 0.6) is 0 Å². The Bertz CT molecular complexity index is 876.